The molecule has 19 heavy (non-hydrogen) atoms. The molecule has 2 aromatic carbocycles. The Bertz CT molecular complexity index is 625. The summed E-state index contributed by atoms with van der Waals surface area (Å²) in [4.78, 5) is 20.9. The summed E-state index contributed by atoms with van der Waals surface area (Å²) in [5.74, 6) is 0.948. The molecule has 0 aliphatic carbocycles. The Morgan fingerprint density at radius 1 is 1.11 bits per heavy atom. The predicted octanol–water partition coefficient (Wildman–Crippen LogP) is 3.96. The van der Waals surface area contributed by atoms with E-state index in [1.807, 2.05) is 0 Å². The van der Waals surface area contributed by atoms with Gasteiger partial charge in [0.25, 0.3) is 5.69 Å². The third-order valence-corrected chi connectivity index (χ3v) is 2.90. The number of benzene rings is 2. The minimum absolute atomic E-state index is 0.0142. The molecule has 0 fully saturated rings. The molecule has 0 N–H and O–H groups in total. The van der Waals surface area contributed by atoms with Gasteiger partial charge in [0.2, 0.25) is 0 Å². The fourth-order valence-corrected chi connectivity index (χ4v) is 1.76. The number of carbonyl (C=O) groups excluding carboxylic acids is 1. The second-order valence-electron chi connectivity index (χ2n) is 3.65. The Kier molecular flexibility index (Phi) is 3.91. The lowest BCUT2D eigenvalue weighted by molar-refractivity contribution is -0.385. The van der Waals surface area contributed by atoms with Gasteiger partial charge in [0.1, 0.15) is 11.5 Å². The molecule has 2 aromatic rings. The van der Waals surface area contributed by atoms with E-state index in [1.165, 1.54) is 18.2 Å². The van der Waals surface area contributed by atoms with Gasteiger partial charge in [-0.05, 0) is 36.4 Å². The minimum Gasteiger partial charge on any atom is -0.457 e. The maximum Gasteiger partial charge on any atom is 0.280 e. The maximum absolute atomic E-state index is 10.8. The molecule has 0 spiro atoms. The predicted molar refractivity (Wildman–Crippen MR) is 72.7 cm³/mol. The third kappa shape index (κ3) is 3.17. The SMILES string of the molecule is O=Cc1cc(Oc2ccc(Br)cc2)ccc1[N+](=O)[O-]. The molecular weight excluding hydrogens is 314 g/mol. The summed E-state index contributed by atoms with van der Waals surface area (Å²) < 4.78 is 6.42. The van der Waals surface area contributed by atoms with Crippen LogP contribution in [0.3, 0.4) is 0 Å². The Hall–Kier alpha value is -2.21. The highest BCUT2D eigenvalue weighted by Crippen LogP contribution is 2.27. The number of rotatable bonds is 4. The maximum atomic E-state index is 10.8. The van der Waals surface area contributed by atoms with Crippen LogP contribution in [0.4, 0.5) is 5.69 Å². The summed E-state index contributed by atoms with van der Waals surface area (Å²) >= 11 is 3.30. The first kappa shape index (κ1) is 13.2. The summed E-state index contributed by atoms with van der Waals surface area (Å²) in [6.45, 7) is 0. The van der Waals surface area contributed by atoms with Crippen molar-refractivity contribution in [2.24, 2.45) is 0 Å². The zero-order valence-electron chi connectivity index (χ0n) is 9.58. The number of ether oxygens (including phenoxy) is 1. The summed E-state index contributed by atoms with van der Waals surface area (Å²) in [5, 5.41) is 10.7. The van der Waals surface area contributed by atoms with E-state index in [1.54, 1.807) is 24.3 Å². The van der Waals surface area contributed by atoms with E-state index in [-0.39, 0.29) is 11.3 Å². The van der Waals surface area contributed by atoms with Crippen molar-refractivity contribution in [3.05, 3.63) is 62.6 Å². The number of hydrogen-bond donors (Lipinski definition) is 0. The van der Waals surface area contributed by atoms with Crippen LogP contribution in [0.2, 0.25) is 0 Å². The topological polar surface area (TPSA) is 69.4 Å². The fourth-order valence-electron chi connectivity index (χ4n) is 1.50. The second-order valence-corrected chi connectivity index (χ2v) is 4.57. The molecule has 0 aliphatic heterocycles. The standard InChI is InChI=1S/C13H8BrNO4/c14-10-1-3-11(4-2-10)19-12-5-6-13(15(17)18)9(7-12)8-16/h1-8H. The molecular formula is C13H8BrNO4. The highest BCUT2D eigenvalue weighted by atomic mass is 79.9. The average molecular weight is 322 g/mol. The fraction of sp³-hybridized carbons (Fsp3) is 0. The van der Waals surface area contributed by atoms with Gasteiger partial charge in [-0.1, -0.05) is 15.9 Å². The van der Waals surface area contributed by atoms with Crippen LogP contribution in [-0.4, -0.2) is 11.2 Å². The Balaban J connectivity index is 2.29. The third-order valence-electron chi connectivity index (χ3n) is 2.37. The van der Waals surface area contributed by atoms with Gasteiger partial charge < -0.3 is 4.74 Å². The van der Waals surface area contributed by atoms with Gasteiger partial charge in [0, 0.05) is 10.5 Å². The number of hydrogen-bond acceptors (Lipinski definition) is 4. The van der Waals surface area contributed by atoms with Gasteiger partial charge in [-0.25, -0.2) is 0 Å². The molecule has 0 radical (unpaired) electrons. The van der Waals surface area contributed by atoms with Crippen LogP contribution in [-0.2, 0) is 0 Å². The van der Waals surface area contributed by atoms with Crippen LogP contribution in [0.1, 0.15) is 10.4 Å². The number of nitrogens with zero attached hydrogens (tertiary/aromatic N) is 1. The summed E-state index contributed by atoms with van der Waals surface area (Å²) in [7, 11) is 0. The van der Waals surface area contributed by atoms with E-state index in [4.69, 9.17) is 4.74 Å². The van der Waals surface area contributed by atoms with Crippen LogP contribution in [0, 0.1) is 10.1 Å². The molecule has 0 heterocycles. The van der Waals surface area contributed by atoms with Crippen LogP contribution in [0.5, 0.6) is 11.5 Å². The van der Waals surface area contributed by atoms with Crippen molar-refractivity contribution in [2.45, 2.75) is 0 Å². The monoisotopic (exact) mass is 321 g/mol. The molecule has 0 bridgehead atoms. The minimum atomic E-state index is -0.604. The summed E-state index contributed by atoms with van der Waals surface area (Å²) in [5.41, 5.74) is -0.252. The molecule has 0 unspecified atom stereocenters. The molecule has 0 saturated carbocycles. The highest BCUT2D eigenvalue weighted by molar-refractivity contribution is 9.10. The molecule has 96 valence electrons. The Labute approximate surface area is 117 Å². The average Bonchev–Trinajstić information content (AvgIpc) is 2.41. The zero-order valence-corrected chi connectivity index (χ0v) is 11.2. The van der Waals surface area contributed by atoms with Crippen LogP contribution in [0.15, 0.2) is 46.9 Å². The van der Waals surface area contributed by atoms with Crippen LogP contribution < -0.4 is 4.74 Å². The Morgan fingerprint density at radius 3 is 2.32 bits per heavy atom. The highest BCUT2D eigenvalue weighted by Gasteiger charge is 2.14. The van der Waals surface area contributed by atoms with Crippen molar-refractivity contribution < 1.29 is 14.5 Å². The van der Waals surface area contributed by atoms with E-state index < -0.39 is 4.92 Å². The largest absolute Gasteiger partial charge is 0.457 e. The normalized spacial score (nSPS) is 9.95. The number of carbonyl (C=O) groups is 1. The van der Waals surface area contributed by atoms with Crippen molar-refractivity contribution in [1.82, 2.24) is 0 Å². The molecule has 2 rings (SSSR count). The lowest BCUT2D eigenvalue weighted by Crippen LogP contribution is -1.95. The lowest BCUT2D eigenvalue weighted by Gasteiger charge is -2.06. The van der Waals surface area contributed by atoms with E-state index >= 15 is 0 Å². The zero-order chi connectivity index (χ0) is 13.8. The summed E-state index contributed by atoms with van der Waals surface area (Å²) in [6.07, 6.45) is 0.437. The Morgan fingerprint density at radius 2 is 1.74 bits per heavy atom. The number of halogens is 1. The first-order chi connectivity index (χ1) is 9.10. The van der Waals surface area contributed by atoms with Gasteiger partial charge in [-0.2, -0.15) is 0 Å². The van der Waals surface area contributed by atoms with Gasteiger partial charge in [-0.15, -0.1) is 0 Å². The van der Waals surface area contributed by atoms with E-state index in [0.717, 1.165) is 4.47 Å². The lowest BCUT2D eigenvalue weighted by atomic mass is 10.2. The van der Waals surface area contributed by atoms with Gasteiger partial charge >= 0.3 is 0 Å². The molecule has 0 aliphatic rings. The number of nitro groups is 1. The quantitative estimate of drug-likeness (QED) is 0.485. The first-order valence-electron chi connectivity index (χ1n) is 5.27. The van der Waals surface area contributed by atoms with Crippen molar-refractivity contribution in [1.29, 1.82) is 0 Å². The molecule has 0 aromatic heterocycles. The molecule has 0 amide bonds. The van der Waals surface area contributed by atoms with Crippen molar-refractivity contribution >= 4 is 27.9 Å². The van der Waals surface area contributed by atoms with E-state index in [0.29, 0.717) is 17.8 Å². The van der Waals surface area contributed by atoms with Crippen molar-refractivity contribution in [3.8, 4) is 11.5 Å². The van der Waals surface area contributed by atoms with Gasteiger partial charge in [0.15, 0.2) is 6.29 Å². The molecule has 6 heteroatoms. The first-order valence-corrected chi connectivity index (χ1v) is 6.06. The van der Waals surface area contributed by atoms with Crippen molar-refractivity contribution in [3.63, 3.8) is 0 Å². The number of aldehydes is 1. The smallest absolute Gasteiger partial charge is 0.280 e. The molecule has 5 nitrogen and oxygen atoms in total. The molecule has 0 saturated heterocycles. The van der Waals surface area contributed by atoms with Gasteiger partial charge in [0.05, 0.1) is 10.5 Å². The van der Waals surface area contributed by atoms with Crippen LogP contribution in [0.25, 0.3) is 0 Å². The number of nitro benzene ring substituents is 1. The van der Waals surface area contributed by atoms with E-state index in [9.17, 15) is 14.9 Å². The van der Waals surface area contributed by atoms with Crippen molar-refractivity contribution in [2.75, 3.05) is 0 Å². The van der Waals surface area contributed by atoms with E-state index in [2.05, 4.69) is 15.9 Å². The van der Waals surface area contributed by atoms with Gasteiger partial charge in [-0.3, -0.25) is 14.9 Å². The van der Waals surface area contributed by atoms with Crippen LogP contribution >= 0.6 is 15.9 Å². The summed E-state index contributed by atoms with van der Waals surface area (Å²) in [6, 6.07) is 11.1. The molecule has 0 atom stereocenters. The second kappa shape index (κ2) is 5.62.